The summed E-state index contributed by atoms with van der Waals surface area (Å²) in [4.78, 5) is 0. The molecule has 1 aliphatic carbocycles. The molecule has 1 aromatic carbocycles. The van der Waals surface area contributed by atoms with E-state index in [0.29, 0.717) is 16.6 Å². The summed E-state index contributed by atoms with van der Waals surface area (Å²) in [5.74, 6) is 0. The third kappa shape index (κ3) is 3.51. The van der Waals surface area contributed by atoms with Gasteiger partial charge in [0.1, 0.15) is 0 Å². The van der Waals surface area contributed by atoms with Crippen LogP contribution >= 0.6 is 23.2 Å². The maximum atomic E-state index is 10.3. The zero-order chi connectivity index (χ0) is 12.3. The molecule has 2 N–H and O–H groups in total. The number of hydrogen-bond donors (Lipinski definition) is 2. The van der Waals surface area contributed by atoms with E-state index in [0.717, 1.165) is 31.4 Å². The predicted octanol–water partition coefficient (Wildman–Crippen LogP) is 4.10. The van der Waals surface area contributed by atoms with Crippen molar-refractivity contribution in [1.82, 2.24) is 0 Å². The lowest BCUT2D eigenvalue weighted by molar-refractivity contribution is 0.0167. The van der Waals surface area contributed by atoms with Crippen molar-refractivity contribution in [2.24, 2.45) is 0 Å². The SMILES string of the molecule is OC1(CNc2ccc(Cl)cc2Cl)CCCCC1. The van der Waals surface area contributed by atoms with Crippen LogP contribution < -0.4 is 5.32 Å². The van der Waals surface area contributed by atoms with Crippen LogP contribution in [0.15, 0.2) is 18.2 Å². The Morgan fingerprint density at radius 3 is 2.53 bits per heavy atom. The van der Waals surface area contributed by atoms with E-state index in [1.807, 2.05) is 6.07 Å². The minimum absolute atomic E-state index is 0.550. The Kier molecular flexibility index (Phi) is 4.18. The van der Waals surface area contributed by atoms with Gasteiger partial charge in [0.05, 0.1) is 16.3 Å². The molecule has 94 valence electrons. The van der Waals surface area contributed by atoms with Gasteiger partial charge in [0, 0.05) is 11.6 Å². The molecule has 17 heavy (non-hydrogen) atoms. The number of nitrogens with one attached hydrogen (secondary N) is 1. The van der Waals surface area contributed by atoms with Crippen molar-refractivity contribution < 1.29 is 5.11 Å². The Balaban J connectivity index is 1.97. The molecule has 1 saturated carbocycles. The molecule has 0 aromatic heterocycles. The lowest BCUT2D eigenvalue weighted by atomic mass is 9.85. The average Bonchev–Trinajstić information content (AvgIpc) is 2.29. The predicted molar refractivity (Wildman–Crippen MR) is 73.0 cm³/mol. The van der Waals surface area contributed by atoms with Crippen LogP contribution in [0.4, 0.5) is 5.69 Å². The fourth-order valence-electron chi connectivity index (χ4n) is 2.28. The zero-order valence-electron chi connectivity index (χ0n) is 9.68. The van der Waals surface area contributed by atoms with Crippen molar-refractivity contribution in [3.8, 4) is 0 Å². The van der Waals surface area contributed by atoms with Crippen molar-refractivity contribution in [3.63, 3.8) is 0 Å². The Hall–Kier alpha value is -0.440. The number of hydrogen-bond acceptors (Lipinski definition) is 2. The van der Waals surface area contributed by atoms with Crippen molar-refractivity contribution in [2.45, 2.75) is 37.7 Å². The van der Waals surface area contributed by atoms with Crippen LogP contribution in [0.1, 0.15) is 32.1 Å². The van der Waals surface area contributed by atoms with Gasteiger partial charge in [-0.1, -0.05) is 42.5 Å². The van der Waals surface area contributed by atoms with Gasteiger partial charge in [-0.3, -0.25) is 0 Å². The first-order valence-electron chi connectivity index (χ1n) is 6.00. The van der Waals surface area contributed by atoms with Gasteiger partial charge in [0.2, 0.25) is 0 Å². The fraction of sp³-hybridized carbons (Fsp3) is 0.538. The smallest absolute Gasteiger partial charge is 0.0819 e. The van der Waals surface area contributed by atoms with Crippen LogP contribution in [-0.4, -0.2) is 17.3 Å². The first-order chi connectivity index (χ1) is 8.09. The van der Waals surface area contributed by atoms with Crippen LogP contribution in [-0.2, 0) is 0 Å². The summed E-state index contributed by atoms with van der Waals surface area (Å²) in [6, 6.07) is 5.34. The van der Waals surface area contributed by atoms with Gasteiger partial charge >= 0.3 is 0 Å². The molecule has 0 bridgehead atoms. The summed E-state index contributed by atoms with van der Waals surface area (Å²) < 4.78 is 0. The molecule has 0 saturated heterocycles. The zero-order valence-corrected chi connectivity index (χ0v) is 11.2. The largest absolute Gasteiger partial charge is 0.388 e. The summed E-state index contributed by atoms with van der Waals surface area (Å²) in [6.45, 7) is 0.550. The van der Waals surface area contributed by atoms with Gasteiger partial charge in [0.25, 0.3) is 0 Å². The molecule has 0 heterocycles. The molecular formula is C13H17Cl2NO. The minimum atomic E-state index is -0.582. The Morgan fingerprint density at radius 1 is 1.18 bits per heavy atom. The number of benzene rings is 1. The van der Waals surface area contributed by atoms with E-state index in [9.17, 15) is 5.11 Å². The van der Waals surface area contributed by atoms with Crippen LogP contribution in [0.3, 0.4) is 0 Å². The van der Waals surface area contributed by atoms with E-state index in [1.165, 1.54) is 6.42 Å². The van der Waals surface area contributed by atoms with Crippen LogP contribution in [0.5, 0.6) is 0 Å². The van der Waals surface area contributed by atoms with E-state index in [-0.39, 0.29) is 0 Å². The molecule has 0 radical (unpaired) electrons. The first kappa shape index (κ1) is 13.0. The van der Waals surface area contributed by atoms with Gasteiger partial charge in [-0.05, 0) is 31.0 Å². The molecule has 0 unspecified atom stereocenters. The van der Waals surface area contributed by atoms with E-state index in [4.69, 9.17) is 23.2 Å². The van der Waals surface area contributed by atoms with E-state index in [2.05, 4.69) is 5.32 Å². The molecule has 1 aliphatic rings. The quantitative estimate of drug-likeness (QED) is 0.869. The molecule has 0 aliphatic heterocycles. The molecule has 2 nitrogen and oxygen atoms in total. The third-order valence-corrected chi connectivity index (χ3v) is 3.87. The van der Waals surface area contributed by atoms with Gasteiger partial charge in [-0.15, -0.1) is 0 Å². The molecule has 1 aromatic rings. The van der Waals surface area contributed by atoms with Crippen LogP contribution in [0.25, 0.3) is 0 Å². The second-order valence-electron chi connectivity index (χ2n) is 4.76. The van der Waals surface area contributed by atoms with Crippen LogP contribution in [0.2, 0.25) is 10.0 Å². The normalized spacial score (nSPS) is 19.0. The summed E-state index contributed by atoms with van der Waals surface area (Å²) >= 11 is 11.9. The molecule has 4 heteroatoms. The third-order valence-electron chi connectivity index (χ3n) is 3.32. The lowest BCUT2D eigenvalue weighted by Gasteiger charge is -2.32. The maximum absolute atomic E-state index is 10.3. The van der Waals surface area contributed by atoms with E-state index in [1.54, 1.807) is 12.1 Å². The van der Waals surface area contributed by atoms with Crippen molar-refractivity contribution in [1.29, 1.82) is 0 Å². The van der Waals surface area contributed by atoms with E-state index >= 15 is 0 Å². The lowest BCUT2D eigenvalue weighted by Crippen LogP contribution is -2.38. The highest BCUT2D eigenvalue weighted by molar-refractivity contribution is 6.36. The average molecular weight is 274 g/mol. The fourth-order valence-corrected chi connectivity index (χ4v) is 2.75. The monoisotopic (exact) mass is 273 g/mol. The second-order valence-corrected chi connectivity index (χ2v) is 5.61. The standard InChI is InChI=1S/C13H17Cl2NO/c14-10-4-5-12(11(15)8-10)16-9-13(17)6-2-1-3-7-13/h4-5,8,16-17H,1-3,6-7,9H2. The van der Waals surface area contributed by atoms with Crippen molar-refractivity contribution in [3.05, 3.63) is 28.2 Å². The van der Waals surface area contributed by atoms with Crippen molar-refractivity contribution in [2.75, 3.05) is 11.9 Å². The van der Waals surface area contributed by atoms with Gasteiger partial charge in [-0.25, -0.2) is 0 Å². The number of anilines is 1. The second kappa shape index (κ2) is 5.47. The molecule has 0 spiro atoms. The summed E-state index contributed by atoms with van der Waals surface area (Å²) in [7, 11) is 0. The van der Waals surface area contributed by atoms with Gasteiger partial charge in [0.15, 0.2) is 0 Å². The molecule has 0 amide bonds. The number of halogens is 2. The Morgan fingerprint density at radius 2 is 1.88 bits per heavy atom. The van der Waals surface area contributed by atoms with E-state index < -0.39 is 5.60 Å². The maximum Gasteiger partial charge on any atom is 0.0819 e. The molecule has 0 atom stereocenters. The summed E-state index contributed by atoms with van der Waals surface area (Å²) in [5.41, 5.74) is 0.247. The number of rotatable bonds is 3. The van der Waals surface area contributed by atoms with Crippen LogP contribution in [0, 0.1) is 0 Å². The molecule has 2 rings (SSSR count). The summed E-state index contributed by atoms with van der Waals surface area (Å²) in [5, 5.41) is 14.8. The molecule has 1 fully saturated rings. The number of aliphatic hydroxyl groups is 1. The molecular weight excluding hydrogens is 257 g/mol. The van der Waals surface area contributed by atoms with Gasteiger partial charge in [-0.2, -0.15) is 0 Å². The Bertz CT molecular complexity index is 389. The topological polar surface area (TPSA) is 32.3 Å². The highest BCUT2D eigenvalue weighted by atomic mass is 35.5. The highest BCUT2D eigenvalue weighted by Gasteiger charge is 2.28. The highest BCUT2D eigenvalue weighted by Crippen LogP contribution is 2.30. The first-order valence-corrected chi connectivity index (χ1v) is 6.76. The Labute approximate surface area is 112 Å². The van der Waals surface area contributed by atoms with Crippen molar-refractivity contribution >= 4 is 28.9 Å². The van der Waals surface area contributed by atoms with Gasteiger partial charge < -0.3 is 10.4 Å². The summed E-state index contributed by atoms with van der Waals surface area (Å²) in [6.07, 6.45) is 5.17. The minimum Gasteiger partial charge on any atom is -0.388 e.